The largest absolute Gasteiger partial charge is 0.452 e. The van der Waals surface area contributed by atoms with Gasteiger partial charge in [0.25, 0.3) is 17.5 Å². The third-order valence-corrected chi connectivity index (χ3v) is 4.92. The fourth-order valence-electron chi connectivity index (χ4n) is 3.20. The summed E-state index contributed by atoms with van der Waals surface area (Å²) in [6.45, 7) is 2.15. The van der Waals surface area contributed by atoms with Gasteiger partial charge in [0, 0.05) is 30.8 Å². The first kappa shape index (κ1) is 22.3. The maximum Gasteiger partial charge on any atom is 0.308 e. The van der Waals surface area contributed by atoms with Crippen molar-refractivity contribution < 1.29 is 24.0 Å². The summed E-state index contributed by atoms with van der Waals surface area (Å²) >= 11 is 0. The van der Waals surface area contributed by atoms with Crippen molar-refractivity contribution in [2.45, 2.75) is 51.6 Å². The van der Waals surface area contributed by atoms with Crippen LogP contribution in [0, 0.1) is 16.0 Å². The first-order valence-electron chi connectivity index (χ1n) is 9.86. The first-order chi connectivity index (χ1) is 13.9. The van der Waals surface area contributed by atoms with Crippen LogP contribution in [0.25, 0.3) is 0 Å². The summed E-state index contributed by atoms with van der Waals surface area (Å²) in [6.07, 6.45) is 4.88. The average Bonchev–Trinajstić information content (AvgIpc) is 2.72. The van der Waals surface area contributed by atoms with Gasteiger partial charge in [-0.1, -0.05) is 19.3 Å². The normalized spacial score (nSPS) is 15.2. The molecule has 0 unspecified atom stereocenters. The third-order valence-electron chi connectivity index (χ3n) is 4.92. The van der Waals surface area contributed by atoms with Gasteiger partial charge in [0.05, 0.1) is 11.3 Å². The molecular formula is C20H27N3O6. The number of non-ortho nitro benzene ring substituents is 1. The van der Waals surface area contributed by atoms with E-state index in [0.29, 0.717) is 12.5 Å². The number of nitrogens with zero attached hydrogens (tertiary/aromatic N) is 1. The van der Waals surface area contributed by atoms with Crippen LogP contribution >= 0.6 is 0 Å². The van der Waals surface area contributed by atoms with Crippen molar-refractivity contribution in [3.63, 3.8) is 0 Å². The van der Waals surface area contributed by atoms with Crippen molar-refractivity contribution in [1.82, 2.24) is 10.6 Å². The molecule has 1 saturated carbocycles. The number of benzene rings is 1. The molecule has 158 valence electrons. The lowest BCUT2D eigenvalue weighted by Gasteiger charge is -2.22. The van der Waals surface area contributed by atoms with E-state index in [1.165, 1.54) is 50.5 Å². The minimum absolute atomic E-state index is 0.0328. The van der Waals surface area contributed by atoms with Crippen molar-refractivity contribution in [1.29, 1.82) is 0 Å². The highest BCUT2D eigenvalue weighted by Crippen LogP contribution is 2.22. The maximum atomic E-state index is 12.1. The predicted octanol–water partition coefficient (Wildman–Crippen LogP) is 2.34. The SMILES string of the molecule is C[C@H](OC(=O)CCNC(=O)c1ccc([N+](=O)[O-])cc1)C(=O)NCC1CCCCC1. The Hall–Kier alpha value is -2.97. The van der Waals surface area contributed by atoms with Gasteiger partial charge < -0.3 is 15.4 Å². The molecule has 2 N–H and O–H groups in total. The highest BCUT2D eigenvalue weighted by molar-refractivity contribution is 5.94. The number of rotatable bonds is 9. The molecule has 29 heavy (non-hydrogen) atoms. The number of hydrogen-bond acceptors (Lipinski definition) is 6. The quantitative estimate of drug-likeness (QED) is 0.369. The van der Waals surface area contributed by atoms with Crippen LogP contribution in [0.15, 0.2) is 24.3 Å². The molecule has 0 bridgehead atoms. The number of nitro groups is 1. The van der Waals surface area contributed by atoms with Crippen LogP contribution in [-0.4, -0.2) is 41.9 Å². The van der Waals surface area contributed by atoms with Crippen LogP contribution < -0.4 is 10.6 Å². The zero-order valence-electron chi connectivity index (χ0n) is 16.5. The molecule has 0 saturated heterocycles. The van der Waals surface area contributed by atoms with Crippen molar-refractivity contribution in [2.75, 3.05) is 13.1 Å². The molecule has 2 rings (SSSR count). The second kappa shape index (κ2) is 11.1. The van der Waals surface area contributed by atoms with Gasteiger partial charge in [0.15, 0.2) is 6.10 Å². The van der Waals surface area contributed by atoms with Gasteiger partial charge in [-0.15, -0.1) is 0 Å². The van der Waals surface area contributed by atoms with Crippen molar-refractivity contribution in [2.24, 2.45) is 5.92 Å². The molecule has 1 fully saturated rings. The monoisotopic (exact) mass is 405 g/mol. The molecule has 1 aliphatic carbocycles. The second-order valence-electron chi connectivity index (χ2n) is 7.19. The number of carbonyl (C=O) groups is 3. The predicted molar refractivity (Wildman–Crippen MR) is 105 cm³/mol. The number of amides is 2. The molecule has 1 aliphatic rings. The van der Waals surface area contributed by atoms with Gasteiger partial charge in [-0.3, -0.25) is 24.5 Å². The van der Waals surface area contributed by atoms with E-state index in [1.807, 2.05) is 0 Å². The lowest BCUT2D eigenvalue weighted by Crippen LogP contribution is -2.39. The van der Waals surface area contributed by atoms with E-state index in [4.69, 9.17) is 4.74 Å². The summed E-state index contributed by atoms with van der Waals surface area (Å²) in [6, 6.07) is 5.14. The summed E-state index contributed by atoms with van der Waals surface area (Å²) in [5.41, 5.74) is 0.139. The van der Waals surface area contributed by atoms with Crippen molar-refractivity contribution >= 4 is 23.5 Å². The molecule has 0 spiro atoms. The molecule has 2 amide bonds. The fourth-order valence-corrected chi connectivity index (χ4v) is 3.20. The topological polar surface area (TPSA) is 128 Å². The maximum absolute atomic E-state index is 12.1. The van der Waals surface area contributed by atoms with E-state index >= 15 is 0 Å². The zero-order valence-corrected chi connectivity index (χ0v) is 16.5. The van der Waals surface area contributed by atoms with Gasteiger partial charge in [0.1, 0.15) is 0 Å². The number of nitrogens with one attached hydrogen (secondary N) is 2. The highest BCUT2D eigenvalue weighted by Gasteiger charge is 2.20. The molecule has 0 heterocycles. The summed E-state index contributed by atoms with van der Waals surface area (Å²) in [4.78, 5) is 46.0. The summed E-state index contributed by atoms with van der Waals surface area (Å²) in [7, 11) is 0. The van der Waals surface area contributed by atoms with Crippen molar-refractivity contribution in [3.8, 4) is 0 Å². The van der Waals surface area contributed by atoms with Gasteiger partial charge >= 0.3 is 5.97 Å². The molecule has 9 nitrogen and oxygen atoms in total. The van der Waals surface area contributed by atoms with Crippen LogP contribution in [0.5, 0.6) is 0 Å². The van der Waals surface area contributed by atoms with E-state index < -0.39 is 22.9 Å². The van der Waals surface area contributed by atoms with E-state index in [0.717, 1.165) is 12.8 Å². The van der Waals surface area contributed by atoms with Crippen LogP contribution in [0.1, 0.15) is 55.8 Å². The van der Waals surface area contributed by atoms with Crippen LogP contribution in [0.2, 0.25) is 0 Å². The second-order valence-corrected chi connectivity index (χ2v) is 7.19. The van der Waals surface area contributed by atoms with E-state index in [2.05, 4.69) is 10.6 Å². The van der Waals surface area contributed by atoms with E-state index in [-0.39, 0.29) is 30.1 Å². The smallest absolute Gasteiger partial charge is 0.308 e. The van der Waals surface area contributed by atoms with Gasteiger partial charge in [0.2, 0.25) is 0 Å². The Bertz CT molecular complexity index is 728. The Balaban J connectivity index is 1.65. The average molecular weight is 405 g/mol. The van der Waals surface area contributed by atoms with Crippen LogP contribution in [0.4, 0.5) is 5.69 Å². The van der Waals surface area contributed by atoms with Crippen LogP contribution in [-0.2, 0) is 14.3 Å². The highest BCUT2D eigenvalue weighted by atomic mass is 16.6. The lowest BCUT2D eigenvalue weighted by atomic mass is 9.89. The number of ether oxygens (including phenoxy) is 1. The number of carbonyl (C=O) groups excluding carboxylic acids is 3. The number of esters is 1. The minimum Gasteiger partial charge on any atom is -0.452 e. The Morgan fingerprint density at radius 1 is 1.14 bits per heavy atom. The fraction of sp³-hybridized carbons (Fsp3) is 0.550. The van der Waals surface area contributed by atoms with E-state index in [9.17, 15) is 24.5 Å². The first-order valence-corrected chi connectivity index (χ1v) is 9.86. The Morgan fingerprint density at radius 3 is 2.41 bits per heavy atom. The van der Waals surface area contributed by atoms with Gasteiger partial charge in [-0.25, -0.2) is 0 Å². The number of nitro benzene ring substituents is 1. The molecule has 0 aliphatic heterocycles. The third kappa shape index (κ3) is 7.52. The van der Waals surface area contributed by atoms with Crippen LogP contribution in [0.3, 0.4) is 0 Å². The molecule has 0 radical (unpaired) electrons. The minimum atomic E-state index is -0.892. The molecule has 0 aromatic heterocycles. The Labute approximate surface area is 169 Å². The van der Waals surface area contributed by atoms with Gasteiger partial charge in [-0.2, -0.15) is 0 Å². The van der Waals surface area contributed by atoms with Crippen molar-refractivity contribution in [3.05, 3.63) is 39.9 Å². The molecule has 1 aromatic rings. The molecular weight excluding hydrogens is 378 g/mol. The number of hydrogen-bond donors (Lipinski definition) is 2. The van der Waals surface area contributed by atoms with Gasteiger partial charge in [-0.05, 0) is 37.8 Å². The van der Waals surface area contributed by atoms with E-state index in [1.54, 1.807) is 0 Å². The summed E-state index contributed by atoms with van der Waals surface area (Å²) in [5, 5.41) is 16.0. The Morgan fingerprint density at radius 2 is 1.79 bits per heavy atom. The summed E-state index contributed by atoms with van der Waals surface area (Å²) in [5.74, 6) is -0.871. The molecule has 1 atom stereocenters. The molecule has 9 heteroatoms. The Kier molecular flexibility index (Phi) is 8.57. The lowest BCUT2D eigenvalue weighted by molar-refractivity contribution is -0.384. The zero-order chi connectivity index (χ0) is 21.2. The standard InChI is InChI=1S/C20H27N3O6/c1-14(19(25)22-13-15-5-3-2-4-6-15)29-18(24)11-12-21-20(26)16-7-9-17(10-8-16)23(27)28/h7-10,14-15H,2-6,11-13H2,1H3,(H,21,26)(H,22,25)/t14-/m0/s1. The summed E-state index contributed by atoms with van der Waals surface area (Å²) < 4.78 is 5.10. The molecule has 1 aromatic carbocycles.